The zero-order chi connectivity index (χ0) is 22.1. The summed E-state index contributed by atoms with van der Waals surface area (Å²) in [6.45, 7) is 8.98. The van der Waals surface area contributed by atoms with E-state index in [0.717, 1.165) is 25.8 Å². The smallest absolute Gasteiger partial charge is 0.407 e. The van der Waals surface area contributed by atoms with E-state index in [0.29, 0.717) is 24.0 Å². The number of carbonyl (C=O) groups is 3. The molecule has 1 unspecified atom stereocenters. The highest BCUT2D eigenvalue weighted by molar-refractivity contribution is 7.13. The van der Waals surface area contributed by atoms with Crippen molar-refractivity contribution in [3.8, 4) is 0 Å². The largest absolute Gasteiger partial charge is 0.466 e. The average Bonchev–Trinajstić information content (AvgIpc) is 3.06. The molecule has 1 fully saturated rings. The quantitative estimate of drug-likeness (QED) is 0.598. The molecular formula is C20H32N4O5S. The summed E-state index contributed by atoms with van der Waals surface area (Å²) in [6.07, 6.45) is 2.61. The second-order valence-electron chi connectivity index (χ2n) is 8.18. The number of ether oxygens (including phenoxy) is 2. The van der Waals surface area contributed by atoms with Crippen LogP contribution in [0.5, 0.6) is 0 Å². The Balaban J connectivity index is 1.83. The van der Waals surface area contributed by atoms with Crippen LogP contribution in [0.15, 0.2) is 5.38 Å². The Morgan fingerprint density at radius 1 is 1.30 bits per heavy atom. The minimum atomic E-state index is -0.546. The van der Waals surface area contributed by atoms with Crippen LogP contribution in [-0.2, 0) is 25.5 Å². The lowest BCUT2D eigenvalue weighted by Crippen LogP contribution is -2.49. The maximum absolute atomic E-state index is 12.5. The van der Waals surface area contributed by atoms with Gasteiger partial charge in [-0.25, -0.2) is 9.78 Å². The number of rotatable bonds is 8. The summed E-state index contributed by atoms with van der Waals surface area (Å²) >= 11 is 1.28. The molecule has 0 aliphatic carbocycles. The van der Waals surface area contributed by atoms with Crippen LogP contribution < -0.4 is 10.6 Å². The maximum atomic E-state index is 12.5. The number of nitrogens with zero attached hydrogens (tertiary/aromatic N) is 2. The summed E-state index contributed by atoms with van der Waals surface area (Å²) < 4.78 is 10.2. The highest BCUT2D eigenvalue weighted by Crippen LogP contribution is 2.19. The molecule has 0 spiro atoms. The van der Waals surface area contributed by atoms with Crippen LogP contribution >= 0.6 is 11.3 Å². The van der Waals surface area contributed by atoms with Crippen molar-refractivity contribution in [2.75, 3.05) is 31.6 Å². The molecule has 0 saturated carbocycles. The number of anilines is 1. The number of likely N-dealkylation sites (tertiary alicyclic amines) is 1. The molecule has 0 aromatic carbocycles. The van der Waals surface area contributed by atoms with Crippen molar-refractivity contribution in [1.82, 2.24) is 15.2 Å². The van der Waals surface area contributed by atoms with Gasteiger partial charge in [0, 0.05) is 18.0 Å². The normalized spacial score (nSPS) is 17.3. The Morgan fingerprint density at radius 3 is 2.77 bits per heavy atom. The summed E-state index contributed by atoms with van der Waals surface area (Å²) in [5.74, 6) is -0.509. The monoisotopic (exact) mass is 440 g/mol. The maximum Gasteiger partial charge on any atom is 0.407 e. The van der Waals surface area contributed by atoms with Gasteiger partial charge < -0.3 is 20.1 Å². The molecule has 30 heavy (non-hydrogen) atoms. The highest BCUT2D eigenvalue weighted by atomic mass is 32.1. The number of alkyl carbamates (subject to hydrolysis) is 1. The van der Waals surface area contributed by atoms with Crippen LogP contribution in [0.4, 0.5) is 9.93 Å². The van der Waals surface area contributed by atoms with Crippen LogP contribution in [0.25, 0.3) is 0 Å². The molecular weight excluding hydrogens is 408 g/mol. The van der Waals surface area contributed by atoms with E-state index in [4.69, 9.17) is 9.47 Å². The summed E-state index contributed by atoms with van der Waals surface area (Å²) in [7, 11) is 0. The molecule has 168 valence electrons. The van der Waals surface area contributed by atoms with Gasteiger partial charge in [0.15, 0.2) is 5.13 Å². The summed E-state index contributed by atoms with van der Waals surface area (Å²) in [4.78, 5) is 42.3. The Kier molecular flexibility index (Phi) is 9.04. The van der Waals surface area contributed by atoms with Gasteiger partial charge in [-0.05, 0) is 47.1 Å². The zero-order valence-corrected chi connectivity index (χ0v) is 19.0. The number of amides is 2. The van der Waals surface area contributed by atoms with Gasteiger partial charge in [-0.1, -0.05) is 6.42 Å². The van der Waals surface area contributed by atoms with Gasteiger partial charge in [0.2, 0.25) is 5.91 Å². The third-order valence-electron chi connectivity index (χ3n) is 4.41. The van der Waals surface area contributed by atoms with Crippen molar-refractivity contribution in [2.45, 2.75) is 65.0 Å². The number of carbonyl (C=O) groups excluding carboxylic acids is 3. The number of hydrogen-bond acceptors (Lipinski definition) is 8. The van der Waals surface area contributed by atoms with Crippen molar-refractivity contribution < 1.29 is 23.9 Å². The Hall–Kier alpha value is -2.20. The lowest BCUT2D eigenvalue weighted by Gasteiger charge is -2.35. The fourth-order valence-electron chi connectivity index (χ4n) is 3.16. The van der Waals surface area contributed by atoms with Crippen LogP contribution in [0.3, 0.4) is 0 Å². The van der Waals surface area contributed by atoms with Crippen molar-refractivity contribution in [2.24, 2.45) is 0 Å². The number of hydrogen-bond donors (Lipinski definition) is 2. The Morgan fingerprint density at radius 2 is 2.07 bits per heavy atom. The number of esters is 1. The lowest BCUT2D eigenvalue weighted by atomic mass is 10.0. The van der Waals surface area contributed by atoms with Crippen molar-refractivity contribution in [3.05, 3.63) is 11.1 Å². The van der Waals surface area contributed by atoms with Gasteiger partial charge in [-0.2, -0.15) is 0 Å². The van der Waals surface area contributed by atoms with E-state index < -0.39 is 11.7 Å². The summed E-state index contributed by atoms with van der Waals surface area (Å²) in [5.41, 5.74) is 0.0296. The van der Waals surface area contributed by atoms with Crippen LogP contribution in [0.2, 0.25) is 0 Å². The van der Waals surface area contributed by atoms with Crippen LogP contribution in [0, 0.1) is 0 Å². The summed E-state index contributed by atoms with van der Waals surface area (Å²) in [5, 5.41) is 7.79. The molecule has 0 radical (unpaired) electrons. The molecule has 1 atom stereocenters. The molecule has 1 aliphatic rings. The van der Waals surface area contributed by atoms with E-state index >= 15 is 0 Å². The molecule has 0 bridgehead atoms. The molecule has 1 aliphatic heterocycles. The fourth-order valence-corrected chi connectivity index (χ4v) is 3.89. The lowest BCUT2D eigenvalue weighted by molar-refractivity contribution is -0.142. The molecule has 2 rings (SSSR count). The first-order chi connectivity index (χ1) is 14.2. The van der Waals surface area contributed by atoms with E-state index in [-0.39, 0.29) is 30.9 Å². The van der Waals surface area contributed by atoms with Crippen molar-refractivity contribution in [3.63, 3.8) is 0 Å². The molecule has 2 heterocycles. The third-order valence-corrected chi connectivity index (χ3v) is 5.21. The predicted molar refractivity (Wildman–Crippen MR) is 115 cm³/mol. The van der Waals surface area contributed by atoms with Crippen LogP contribution in [-0.4, -0.2) is 65.7 Å². The second-order valence-corrected chi connectivity index (χ2v) is 9.03. The van der Waals surface area contributed by atoms with E-state index in [1.54, 1.807) is 12.3 Å². The molecule has 10 heteroatoms. The second kappa shape index (κ2) is 11.3. The number of piperidine rings is 1. The first-order valence-corrected chi connectivity index (χ1v) is 11.1. The predicted octanol–water partition coefficient (Wildman–Crippen LogP) is 2.57. The average molecular weight is 441 g/mol. The first-order valence-electron chi connectivity index (χ1n) is 10.3. The van der Waals surface area contributed by atoms with Gasteiger partial charge in [0.1, 0.15) is 5.60 Å². The minimum absolute atomic E-state index is 0.0766. The van der Waals surface area contributed by atoms with Gasteiger partial charge in [0.25, 0.3) is 0 Å². The molecule has 1 saturated heterocycles. The summed E-state index contributed by atoms with van der Waals surface area (Å²) in [6, 6.07) is 0.0766. The van der Waals surface area contributed by atoms with E-state index in [2.05, 4.69) is 20.5 Å². The van der Waals surface area contributed by atoms with Gasteiger partial charge in [-0.3, -0.25) is 14.5 Å². The van der Waals surface area contributed by atoms with Crippen molar-refractivity contribution in [1.29, 1.82) is 0 Å². The Bertz CT molecular complexity index is 731. The van der Waals surface area contributed by atoms with Gasteiger partial charge in [-0.15, -0.1) is 11.3 Å². The number of nitrogens with one attached hydrogen (secondary N) is 2. The van der Waals surface area contributed by atoms with E-state index in [9.17, 15) is 14.4 Å². The molecule has 2 N–H and O–H groups in total. The van der Waals surface area contributed by atoms with Crippen molar-refractivity contribution >= 4 is 34.4 Å². The Labute approximate surface area is 181 Å². The minimum Gasteiger partial charge on any atom is -0.466 e. The zero-order valence-electron chi connectivity index (χ0n) is 18.2. The number of aromatic nitrogens is 1. The molecule has 2 amide bonds. The molecule has 9 nitrogen and oxygen atoms in total. The van der Waals surface area contributed by atoms with Gasteiger partial charge >= 0.3 is 12.1 Å². The van der Waals surface area contributed by atoms with E-state index in [1.807, 2.05) is 20.8 Å². The molecule has 1 aromatic rings. The first kappa shape index (κ1) is 24.1. The highest BCUT2D eigenvalue weighted by Gasteiger charge is 2.26. The topological polar surface area (TPSA) is 110 Å². The standard InChI is InChI=1S/C20H32N4O5S/c1-5-28-17(26)10-14-13-30-18(22-14)23-16(25)12-24-9-7-6-8-15(24)11-21-19(27)29-20(2,3)4/h13,15H,5-12H2,1-4H3,(H,21,27)(H,22,23,25). The SMILES string of the molecule is CCOC(=O)Cc1csc(NC(=O)CN2CCCCC2CNC(=O)OC(C)(C)C)n1. The number of thiazole rings is 1. The third kappa shape index (κ3) is 8.66. The molecule has 1 aromatic heterocycles. The van der Waals surface area contributed by atoms with E-state index in [1.165, 1.54) is 11.3 Å². The fraction of sp³-hybridized carbons (Fsp3) is 0.700. The van der Waals surface area contributed by atoms with Gasteiger partial charge in [0.05, 0.1) is 25.3 Å². The van der Waals surface area contributed by atoms with Crippen LogP contribution in [0.1, 0.15) is 52.7 Å².